The minimum absolute atomic E-state index is 0.982. The lowest BCUT2D eigenvalue weighted by Crippen LogP contribution is -2.28. The summed E-state index contributed by atoms with van der Waals surface area (Å²) in [4.78, 5) is 7.06. The van der Waals surface area contributed by atoms with Gasteiger partial charge in [0.25, 0.3) is 0 Å². The van der Waals surface area contributed by atoms with Crippen molar-refractivity contribution in [1.29, 1.82) is 0 Å². The van der Waals surface area contributed by atoms with Crippen LogP contribution in [-0.2, 0) is 6.54 Å². The Morgan fingerprint density at radius 3 is 2.33 bits per heavy atom. The molecule has 2 aromatic rings. The van der Waals surface area contributed by atoms with Crippen molar-refractivity contribution in [2.75, 3.05) is 13.1 Å². The predicted octanol–water partition coefficient (Wildman–Crippen LogP) is 3.90. The van der Waals surface area contributed by atoms with Crippen LogP contribution in [0, 0.1) is 0 Å². The Bertz CT molecular complexity index is 615. The third-order valence-corrected chi connectivity index (χ3v) is 3.70. The maximum atomic E-state index is 4.60. The van der Waals surface area contributed by atoms with Gasteiger partial charge in [0.1, 0.15) is 0 Å². The second-order valence-corrected chi connectivity index (χ2v) is 5.34. The monoisotopic (exact) mass is 276 g/mol. The second-order valence-electron chi connectivity index (χ2n) is 5.34. The summed E-state index contributed by atoms with van der Waals surface area (Å²) in [6, 6.07) is 20.9. The van der Waals surface area contributed by atoms with Crippen LogP contribution in [0.5, 0.6) is 0 Å². The van der Waals surface area contributed by atoms with E-state index in [1.54, 1.807) is 0 Å². The van der Waals surface area contributed by atoms with E-state index in [-0.39, 0.29) is 0 Å². The number of benzene rings is 2. The highest BCUT2D eigenvalue weighted by Crippen LogP contribution is 2.14. The van der Waals surface area contributed by atoms with Crippen LogP contribution in [0.3, 0.4) is 0 Å². The highest BCUT2D eigenvalue weighted by atomic mass is 15.1. The van der Waals surface area contributed by atoms with Crippen molar-refractivity contribution >= 4 is 6.21 Å². The summed E-state index contributed by atoms with van der Waals surface area (Å²) >= 11 is 0. The van der Waals surface area contributed by atoms with Gasteiger partial charge in [0.15, 0.2) is 0 Å². The van der Waals surface area contributed by atoms with Gasteiger partial charge in [0.2, 0.25) is 0 Å². The topological polar surface area (TPSA) is 15.6 Å². The summed E-state index contributed by atoms with van der Waals surface area (Å²) in [5.74, 6) is 0. The van der Waals surface area contributed by atoms with Gasteiger partial charge in [-0.2, -0.15) is 0 Å². The lowest BCUT2D eigenvalue weighted by Gasteiger charge is -2.24. The molecule has 1 aliphatic rings. The van der Waals surface area contributed by atoms with E-state index in [9.17, 15) is 0 Å². The van der Waals surface area contributed by atoms with Gasteiger partial charge in [-0.05, 0) is 17.2 Å². The van der Waals surface area contributed by atoms with E-state index < -0.39 is 0 Å². The number of nitrogens with zero attached hydrogens (tertiary/aromatic N) is 2. The Balaban J connectivity index is 1.56. The molecule has 0 spiro atoms. The molecule has 3 rings (SSSR count). The smallest absolute Gasteiger partial charge is 0.0389 e. The molecule has 0 saturated carbocycles. The molecule has 0 N–H and O–H groups in total. The maximum Gasteiger partial charge on any atom is 0.0389 e. The highest BCUT2D eigenvalue weighted by molar-refractivity contribution is 5.80. The van der Waals surface area contributed by atoms with Crippen LogP contribution in [0.25, 0.3) is 0 Å². The highest BCUT2D eigenvalue weighted by Gasteiger charge is 2.10. The van der Waals surface area contributed by atoms with Gasteiger partial charge in [0.05, 0.1) is 0 Å². The van der Waals surface area contributed by atoms with Crippen molar-refractivity contribution in [1.82, 2.24) is 4.90 Å². The Morgan fingerprint density at radius 2 is 1.67 bits per heavy atom. The number of hydrogen-bond donors (Lipinski definition) is 0. The molecule has 0 aromatic heterocycles. The van der Waals surface area contributed by atoms with Gasteiger partial charge >= 0.3 is 0 Å². The fourth-order valence-corrected chi connectivity index (χ4v) is 2.50. The van der Waals surface area contributed by atoms with Gasteiger partial charge in [-0.1, -0.05) is 60.7 Å². The van der Waals surface area contributed by atoms with Crippen molar-refractivity contribution in [3.63, 3.8) is 0 Å². The molecule has 0 atom stereocenters. The van der Waals surface area contributed by atoms with E-state index in [4.69, 9.17) is 0 Å². The van der Waals surface area contributed by atoms with Crippen LogP contribution in [0.2, 0.25) is 0 Å². The Labute approximate surface area is 126 Å². The first-order valence-corrected chi connectivity index (χ1v) is 7.44. The van der Waals surface area contributed by atoms with Crippen molar-refractivity contribution in [2.24, 2.45) is 4.99 Å². The Morgan fingerprint density at radius 1 is 0.952 bits per heavy atom. The lowest BCUT2D eigenvalue weighted by atomic mass is 10.1. The van der Waals surface area contributed by atoms with E-state index in [0.29, 0.717) is 0 Å². The van der Waals surface area contributed by atoms with Crippen LogP contribution in [0.4, 0.5) is 0 Å². The standard InChI is InChI=1S/C19H20N2/c1-3-7-17(8-4-1)15-20-19-11-13-21(14-12-19)16-18-9-5-2-6-10-18/h1-11,15H,12-14,16H2. The Hall–Kier alpha value is -2.19. The molecule has 0 bridgehead atoms. The fourth-order valence-electron chi connectivity index (χ4n) is 2.50. The molecule has 0 aliphatic carbocycles. The molecule has 0 amide bonds. The summed E-state index contributed by atoms with van der Waals surface area (Å²) in [5, 5.41) is 0. The molecule has 0 unspecified atom stereocenters. The maximum absolute atomic E-state index is 4.60. The third kappa shape index (κ3) is 4.14. The minimum Gasteiger partial charge on any atom is -0.295 e. The summed E-state index contributed by atoms with van der Waals surface area (Å²) < 4.78 is 0. The molecular weight excluding hydrogens is 256 g/mol. The van der Waals surface area contributed by atoms with Crippen LogP contribution in [0.1, 0.15) is 17.5 Å². The van der Waals surface area contributed by atoms with Crippen LogP contribution in [-0.4, -0.2) is 24.2 Å². The first-order valence-electron chi connectivity index (χ1n) is 7.44. The summed E-state index contributed by atoms with van der Waals surface area (Å²) in [6.45, 7) is 3.08. The first-order chi connectivity index (χ1) is 10.4. The zero-order chi connectivity index (χ0) is 14.3. The lowest BCUT2D eigenvalue weighted by molar-refractivity contribution is 0.285. The molecule has 1 aliphatic heterocycles. The number of rotatable bonds is 4. The average molecular weight is 276 g/mol. The molecule has 2 heteroatoms. The van der Waals surface area contributed by atoms with Gasteiger partial charge in [-0.15, -0.1) is 0 Å². The van der Waals surface area contributed by atoms with Gasteiger partial charge in [-0.3, -0.25) is 9.89 Å². The van der Waals surface area contributed by atoms with Crippen molar-refractivity contribution in [2.45, 2.75) is 13.0 Å². The molecule has 1 heterocycles. The van der Waals surface area contributed by atoms with Crippen LogP contribution >= 0.6 is 0 Å². The van der Waals surface area contributed by atoms with Crippen LogP contribution < -0.4 is 0 Å². The van der Waals surface area contributed by atoms with Gasteiger partial charge in [0, 0.05) is 38.0 Å². The van der Waals surface area contributed by atoms with Crippen molar-refractivity contribution in [3.8, 4) is 0 Å². The van der Waals surface area contributed by atoms with E-state index in [1.165, 1.54) is 11.3 Å². The average Bonchev–Trinajstić information content (AvgIpc) is 2.56. The first kappa shape index (κ1) is 13.8. The van der Waals surface area contributed by atoms with Crippen LogP contribution in [0.15, 0.2) is 77.4 Å². The fraction of sp³-hybridized carbons (Fsp3) is 0.211. The van der Waals surface area contributed by atoms with E-state index in [1.807, 2.05) is 24.4 Å². The molecule has 21 heavy (non-hydrogen) atoms. The van der Waals surface area contributed by atoms with E-state index in [2.05, 4.69) is 58.4 Å². The molecule has 106 valence electrons. The van der Waals surface area contributed by atoms with Gasteiger partial charge in [-0.25, -0.2) is 0 Å². The Kier molecular flexibility index (Phi) is 4.59. The SMILES string of the molecule is C(=NC1=CCN(Cc2ccccc2)CC1)c1ccccc1. The summed E-state index contributed by atoms with van der Waals surface area (Å²) in [5.41, 5.74) is 3.73. The van der Waals surface area contributed by atoms with E-state index in [0.717, 1.165) is 31.6 Å². The van der Waals surface area contributed by atoms with E-state index >= 15 is 0 Å². The van der Waals surface area contributed by atoms with Crippen molar-refractivity contribution < 1.29 is 0 Å². The third-order valence-electron chi connectivity index (χ3n) is 3.70. The minimum atomic E-state index is 0.982. The normalized spacial score (nSPS) is 16.1. The zero-order valence-electron chi connectivity index (χ0n) is 12.2. The quantitative estimate of drug-likeness (QED) is 0.773. The molecular formula is C19H20N2. The molecule has 2 aromatic carbocycles. The zero-order valence-corrected chi connectivity index (χ0v) is 12.2. The molecule has 0 fully saturated rings. The second kappa shape index (κ2) is 7.00. The van der Waals surface area contributed by atoms with Gasteiger partial charge < -0.3 is 0 Å². The largest absolute Gasteiger partial charge is 0.295 e. The predicted molar refractivity (Wildman–Crippen MR) is 88.5 cm³/mol. The molecule has 0 radical (unpaired) electrons. The summed E-state index contributed by atoms with van der Waals surface area (Å²) in [7, 11) is 0. The summed E-state index contributed by atoms with van der Waals surface area (Å²) in [6.07, 6.45) is 5.22. The molecule has 2 nitrogen and oxygen atoms in total. The van der Waals surface area contributed by atoms with Crippen molar-refractivity contribution in [3.05, 3.63) is 83.6 Å². The number of hydrogen-bond acceptors (Lipinski definition) is 2. The number of aliphatic imine (C=N–C) groups is 1. The molecule has 0 saturated heterocycles.